The lowest BCUT2D eigenvalue weighted by Gasteiger charge is -2.22. The van der Waals surface area contributed by atoms with E-state index in [9.17, 15) is 4.79 Å². The molecule has 1 aromatic carbocycles. The van der Waals surface area contributed by atoms with Crippen LogP contribution in [0.15, 0.2) is 42.6 Å². The van der Waals surface area contributed by atoms with Gasteiger partial charge < -0.3 is 15.0 Å². The molecule has 0 aliphatic heterocycles. The second-order valence-corrected chi connectivity index (χ2v) is 6.48. The molecule has 0 atom stereocenters. The van der Waals surface area contributed by atoms with Crippen LogP contribution in [0.1, 0.15) is 50.0 Å². The Balaban J connectivity index is 1.91. The van der Waals surface area contributed by atoms with Crippen molar-refractivity contribution < 1.29 is 9.53 Å². The van der Waals surface area contributed by atoms with E-state index in [4.69, 9.17) is 4.74 Å². The number of pyridine rings is 1. The Labute approximate surface area is 156 Å². The minimum atomic E-state index is -0.0856. The third kappa shape index (κ3) is 5.76. The first kappa shape index (κ1) is 19.8. The van der Waals surface area contributed by atoms with Gasteiger partial charge in [-0.25, -0.2) is 4.98 Å². The van der Waals surface area contributed by atoms with E-state index in [1.54, 1.807) is 6.20 Å². The molecule has 0 bridgehead atoms. The molecule has 5 nitrogen and oxygen atoms in total. The number of amides is 1. The second-order valence-electron chi connectivity index (χ2n) is 6.48. The van der Waals surface area contributed by atoms with Gasteiger partial charge in [-0.3, -0.25) is 4.79 Å². The molecule has 26 heavy (non-hydrogen) atoms. The van der Waals surface area contributed by atoms with Gasteiger partial charge in [-0.05, 0) is 57.0 Å². The van der Waals surface area contributed by atoms with Crippen molar-refractivity contribution in [3.8, 4) is 5.88 Å². The summed E-state index contributed by atoms with van der Waals surface area (Å²) < 4.78 is 5.52. The predicted molar refractivity (Wildman–Crippen MR) is 106 cm³/mol. The smallest absolute Gasteiger partial charge is 0.251 e. The number of aromatic nitrogens is 1. The summed E-state index contributed by atoms with van der Waals surface area (Å²) >= 11 is 0. The largest absolute Gasteiger partial charge is 0.475 e. The van der Waals surface area contributed by atoms with E-state index in [1.165, 1.54) is 0 Å². The van der Waals surface area contributed by atoms with Gasteiger partial charge >= 0.3 is 0 Å². The summed E-state index contributed by atoms with van der Waals surface area (Å²) in [6, 6.07) is 11.5. The first-order chi connectivity index (χ1) is 12.5. The van der Waals surface area contributed by atoms with E-state index < -0.39 is 0 Å². The van der Waals surface area contributed by atoms with Crippen LogP contribution in [0, 0.1) is 0 Å². The molecule has 0 saturated heterocycles. The van der Waals surface area contributed by atoms with Gasteiger partial charge in [0, 0.05) is 43.1 Å². The van der Waals surface area contributed by atoms with Crippen molar-refractivity contribution in [2.45, 2.75) is 46.8 Å². The number of hydrogen-bond donors (Lipinski definition) is 1. The molecule has 0 aliphatic rings. The monoisotopic (exact) mass is 355 g/mol. The molecular weight excluding hydrogens is 326 g/mol. The molecule has 0 saturated carbocycles. The minimum Gasteiger partial charge on any atom is -0.475 e. The van der Waals surface area contributed by atoms with Crippen molar-refractivity contribution in [2.75, 3.05) is 18.0 Å². The van der Waals surface area contributed by atoms with E-state index >= 15 is 0 Å². The fourth-order valence-corrected chi connectivity index (χ4v) is 2.67. The summed E-state index contributed by atoms with van der Waals surface area (Å²) in [5, 5.41) is 2.93. The van der Waals surface area contributed by atoms with Gasteiger partial charge in [-0.15, -0.1) is 0 Å². The molecular formula is C21H29N3O2. The van der Waals surface area contributed by atoms with Gasteiger partial charge in [0.15, 0.2) is 0 Å². The Bertz CT molecular complexity index is 681. The number of nitrogens with one attached hydrogen (secondary N) is 1. The number of carbonyl (C=O) groups excluding carboxylic acids is 1. The number of ether oxygens (including phenoxy) is 1. The summed E-state index contributed by atoms with van der Waals surface area (Å²) in [6.07, 6.45) is 2.92. The minimum absolute atomic E-state index is 0.0856. The summed E-state index contributed by atoms with van der Waals surface area (Å²) in [5.74, 6) is 0.510. The summed E-state index contributed by atoms with van der Waals surface area (Å²) in [4.78, 5) is 18.9. The number of rotatable bonds is 9. The fraction of sp³-hybridized carbons (Fsp3) is 0.429. The summed E-state index contributed by atoms with van der Waals surface area (Å²) in [5.41, 5.74) is 2.75. The van der Waals surface area contributed by atoms with Crippen LogP contribution in [0.3, 0.4) is 0 Å². The third-order valence-corrected chi connectivity index (χ3v) is 3.98. The third-order valence-electron chi connectivity index (χ3n) is 3.98. The van der Waals surface area contributed by atoms with Crippen molar-refractivity contribution in [2.24, 2.45) is 0 Å². The molecule has 0 fully saturated rings. The van der Waals surface area contributed by atoms with Crippen LogP contribution >= 0.6 is 0 Å². The standard InChI is InChI=1S/C21H29N3O2/c1-5-13-24(6-2)19-10-8-18(9-11-19)21(25)23-15-17-7-12-20(22-14-17)26-16(3)4/h7-12,14,16H,5-6,13,15H2,1-4H3,(H,23,25). The zero-order chi connectivity index (χ0) is 18.9. The Morgan fingerprint density at radius 2 is 1.88 bits per heavy atom. The number of anilines is 1. The van der Waals surface area contributed by atoms with E-state index in [0.717, 1.165) is 30.8 Å². The van der Waals surface area contributed by atoms with Crippen LogP contribution < -0.4 is 15.0 Å². The maximum Gasteiger partial charge on any atom is 0.251 e. The molecule has 0 unspecified atom stereocenters. The van der Waals surface area contributed by atoms with Crippen molar-refractivity contribution in [3.63, 3.8) is 0 Å². The maximum atomic E-state index is 12.3. The van der Waals surface area contributed by atoms with Crippen LogP contribution in [-0.4, -0.2) is 30.1 Å². The Hall–Kier alpha value is -2.56. The number of nitrogens with zero attached hydrogens (tertiary/aromatic N) is 2. The van der Waals surface area contributed by atoms with Crippen molar-refractivity contribution in [3.05, 3.63) is 53.7 Å². The molecule has 1 aromatic heterocycles. The van der Waals surface area contributed by atoms with E-state index in [0.29, 0.717) is 18.0 Å². The van der Waals surface area contributed by atoms with E-state index in [2.05, 4.69) is 29.0 Å². The van der Waals surface area contributed by atoms with Crippen molar-refractivity contribution >= 4 is 11.6 Å². The van der Waals surface area contributed by atoms with Crippen LogP contribution in [-0.2, 0) is 6.54 Å². The lowest BCUT2D eigenvalue weighted by Crippen LogP contribution is -2.24. The zero-order valence-electron chi connectivity index (χ0n) is 16.2. The predicted octanol–water partition coefficient (Wildman–Crippen LogP) is 4.04. The molecule has 0 radical (unpaired) electrons. The van der Waals surface area contributed by atoms with Crippen molar-refractivity contribution in [1.29, 1.82) is 0 Å². The lowest BCUT2D eigenvalue weighted by molar-refractivity contribution is 0.0951. The van der Waals surface area contributed by atoms with Gasteiger partial charge in [0.2, 0.25) is 5.88 Å². The van der Waals surface area contributed by atoms with Gasteiger partial charge in [-0.2, -0.15) is 0 Å². The number of hydrogen-bond acceptors (Lipinski definition) is 4. The highest BCUT2D eigenvalue weighted by atomic mass is 16.5. The van der Waals surface area contributed by atoms with Gasteiger partial charge in [0.05, 0.1) is 6.10 Å². The highest BCUT2D eigenvalue weighted by molar-refractivity contribution is 5.94. The maximum absolute atomic E-state index is 12.3. The number of benzene rings is 1. The zero-order valence-corrected chi connectivity index (χ0v) is 16.2. The van der Waals surface area contributed by atoms with Gasteiger partial charge in [-0.1, -0.05) is 13.0 Å². The Morgan fingerprint density at radius 1 is 1.15 bits per heavy atom. The molecule has 0 spiro atoms. The van der Waals surface area contributed by atoms with Gasteiger partial charge in [0.1, 0.15) is 0 Å². The molecule has 1 heterocycles. The Kier molecular flexibility index (Phi) is 7.45. The second kappa shape index (κ2) is 9.80. The van der Waals surface area contributed by atoms with E-state index in [1.807, 2.05) is 50.2 Å². The average molecular weight is 355 g/mol. The first-order valence-electron chi connectivity index (χ1n) is 9.28. The van der Waals surface area contributed by atoms with Gasteiger partial charge in [0.25, 0.3) is 5.91 Å². The molecule has 1 amide bonds. The van der Waals surface area contributed by atoms with Crippen LogP contribution in [0.5, 0.6) is 5.88 Å². The first-order valence-corrected chi connectivity index (χ1v) is 9.28. The fourth-order valence-electron chi connectivity index (χ4n) is 2.67. The molecule has 5 heteroatoms. The normalized spacial score (nSPS) is 10.7. The SMILES string of the molecule is CCCN(CC)c1ccc(C(=O)NCc2ccc(OC(C)C)nc2)cc1. The summed E-state index contributed by atoms with van der Waals surface area (Å²) in [6.45, 7) is 10.6. The van der Waals surface area contributed by atoms with E-state index in [-0.39, 0.29) is 12.0 Å². The molecule has 0 aliphatic carbocycles. The molecule has 2 rings (SSSR count). The van der Waals surface area contributed by atoms with Crippen LogP contribution in [0.2, 0.25) is 0 Å². The molecule has 1 N–H and O–H groups in total. The number of carbonyl (C=O) groups is 1. The van der Waals surface area contributed by atoms with Crippen molar-refractivity contribution in [1.82, 2.24) is 10.3 Å². The Morgan fingerprint density at radius 3 is 2.42 bits per heavy atom. The quantitative estimate of drug-likeness (QED) is 0.738. The van der Waals surface area contributed by atoms with Crippen LogP contribution in [0.25, 0.3) is 0 Å². The molecule has 140 valence electrons. The lowest BCUT2D eigenvalue weighted by atomic mass is 10.1. The topological polar surface area (TPSA) is 54.5 Å². The van der Waals surface area contributed by atoms with Crippen LogP contribution in [0.4, 0.5) is 5.69 Å². The highest BCUT2D eigenvalue weighted by Gasteiger charge is 2.08. The highest BCUT2D eigenvalue weighted by Crippen LogP contribution is 2.16. The summed E-state index contributed by atoms with van der Waals surface area (Å²) in [7, 11) is 0. The average Bonchev–Trinajstić information content (AvgIpc) is 2.65. The molecule has 2 aromatic rings.